The molecule has 0 aliphatic carbocycles. The minimum Gasteiger partial charge on any atom is -0.504 e. The monoisotopic (exact) mass is 946 g/mol. The topological polar surface area (TPSA) is 276 Å². The van der Waals surface area contributed by atoms with Gasteiger partial charge in [0.1, 0.15) is 6.10 Å². The van der Waals surface area contributed by atoms with Crippen molar-refractivity contribution in [2.24, 2.45) is 11.8 Å². The van der Waals surface area contributed by atoms with Gasteiger partial charge in [0.15, 0.2) is 63.6 Å². The molecule has 0 bridgehead atoms. The van der Waals surface area contributed by atoms with E-state index in [1.165, 1.54) is 71.9 Å². The number of benzene rings is 5. The third-order valence-corrected chi connectivity index (χ3v) is 13.0. The third kappa shape index (κ3) is 9.59. The van der Waals surface area contributed by atoms with Gasteiger partial charge in [-0.3, -0.25) is 0 Å². The molecular weight excluding hydrogens is 889 g/mol. The van der Waals surface area contributed by atoms with E-state index in [0.29, 0.717) is 27.8 Å². The number of methoxy groups -OCH3 is 5. The number of rotatable bonds is 19. The molecule has 10 N–H and O–H groups in total. The molecule has 0 spiro atoms. The average Bonchev–Trinajstić information content (AvgIpc) is 3.86. The molecule has 0 aromatic heterocycles. The molecule has 2 saturated heterocycles. The van der Waals surface area contributed by atoms with Crippen molar-refractivity contribution in [3.05, 3.63) is 107 Å². The first-order valence-corrected chi connectivity index (χ1v) is 21.7. The van der Waals surface area contributed by atoms with E-state index >= 15 is 0 Å². The molecule has 5 aromatic rings. The second kappa shape index (κ2) is 20.6. The van der Waals surface area contributed by atoms with Gasteiger partial charge in [0.2, 0.25) is 0 Å². The second-order valence-corrected chi connectivity index (χ2v) is 17.0. The molecule has 8 atom stereocenters. The number of phenols is 4. The first kappa shape index (κ1) is 49.7. The van der Waals surface area contributed by atoms with Crippen molar-refractivity contribution in [3.63, 3.8) is 0 Å². The lowest BCUT2D eigenvalue weighted by atomic mass is 9.79. The Kier molecular flexibility index (Phi) is 15.0. The average molecular weight is 947 g/mol. The molecule has 366 valence electrons. The van der Waals surface area contributed by atoms with Gasteiger partial charge in [0.25, 0.3) is 0 Å². The zero-order valence-corrected chi connectivity index (χ0v) is 38.2. The maximum absolute atomic E-state index is 12.2. The highest BCUT2D eigenvalue weighted by molar-refractivity contribution is 5.81. The van der Waals surface area contributed by atoms with E-state index in [1.54, 1.807) is 42.5 Å². The zero-order chi connectivity index (χ0) is 49.1. The van der Waals surface area contributed by atoms with E-state index in [2.05, 4.69) is 0 Å². The van der Waals surface area contributed by atoms with E-state index in [9.17, 15) is 51.1 Å². The van der Waals surface area contributed by atoms with E-state index in [1.807, 2.05) is 0 Å². The van der Waals surface area contributed by atoms with Crippen molar-refractivity contribution in [2.75, 3.05) is 68.6 Å². The number of aromatic hydroxyl groups is 4. The number of hydrogen-bond donors (Lipinski definition) is 10. The van der Waals surface area contributed by atoms with Gasteiger partial charge in [-0.1, -0.05) is 18.2 Å². The fourth-order valence-corrected chi connectivity index (χ4v) is 9.27. The SMILES string of the molecule is COc1cc([C@H]2OC[C@](O)(Cc3cc(OC)c(O)c(-c4cc([C@@H]5OC[C@](O)(Cc6ccc(O[C@@H](CO)[C@@H](O)c7ccc(O)c(OC)c7)c(OC)c6)[C@@H]5CO)cc(OC)c4O)c3)[C@H]2CO)ccc1O. The summed E-state index contributed by atoms with van der Waals surface area (Å²) in [5, 5.41) is 110. The van der Waals surface area contributed by atoms with Crippen molar-refractivity contribution < 1.29 is 89.0 Å². The predicted octanol–water partition coefficient (Wildman–Crippen LogP) is 4.00. The summed E-state index contributed by atoms with van der Waals surface area (Å²) in [6.07, 6.45) is -4.34. The van der Waals surface area contributed by atoms with Crippen LogP contribution in [0.3, 0.4) is 0 Å². The lowest BCUT2D eigenvalue weighted by molar-refractivity contribution is -0.0155. The summed E-state index contributed by atoms with van der Waals surface area (Å²) in [5.74, 6) is -1.97. The highest BCUT2D eigenvalue weighted by atomic mass is 16.5. The van der Waals surface area contributed by atoms with Crippen LogP contribution < -0.4 is 28.4 Å². The molecule has 0 amide bonds. The van der Waals surface area contributed by atoms with Crippen LogP contribution >= 0.6 is 0 Å². The number of aliphatic hydroxyl groups is 6. The van der Waals surface area contributed by atoms with Gasteiger partial charge in [-0.25, -0.2) is 0 Å². The summed E-state index contributed by atoms with van der Waals surface area (Å²) in [4.78, 5) is 0. The van der Waals surface area contributed by atoms with E-state index in [4.69, 9.17) is 37.9 Å². The standard InChI is InChI=1S/C50H58O18/c1-61-38-16-28(7-9-35(38)54)44(56)43(23-53)68-37-11-6-26(13-40(37)63-3)19-49(59)24-67-48(34(49)22-52)30-15-32(46(58)42(18-30)65-5)31-12-27(14-41(64-4)45(31)57)20-50(60)25-66-47(33(50)21-51)29-8-10-36(55)39(17-29)62-2/h6-18,33-34,43-44,47-48,51-60H,19-25H2,1-5H3/t33-,34+,43-,44-,47+,48-,49+,50+/m0/s1. The Balaban J connectivity index is 1.15. The van der Waals surface area contributed by atoms with E-state index in [0.717, 1.165) is 0 Å². The summed E-state index contributed by atoms with van der Waals surface area (Å²) in [7, 11) is 6.87. The Labute approximate surface area is 392 Å². The highest BCUT2D eigenvalue weighted by Crippen LogP contribution is 2.51. The first-order valence-electron chi connectivity index (χ1n) is 21.7. The minimum absolute atomic E-state index is 0.0106. The molecule has 0 unspecified atom stereocenters. The van der Waals surface area contributed by atoms with E-state index < -0.39 is 67.3 Å². The van der Waals surface area contributed by atoms with Gasteiger partial charge in [0, 0.05) is 35.8 Å². The van der Waals surface area contributed by atoms with Gasteiger partial charge in [-0.15, -0.1) is 0 Å². The van der Waals surface area contributed by atoms with Crippen LogP contribution in [0, 0.1) is 11.8 Å². The van der Waals surface area contributed by atoms with Crippen LogP contribution in [0.25, 0.3) is 11.1 Å². The fourth-order valence-electron chi connectivity index (χ4n) is 9.27. The summed E-state index contributed by atoms with van der Waals surface area (Å²) >= 11 is 0. The van der Waals surface area contributed by atoms with Gasteiger partial charge < -0.3 is 89.0 Å². The maximum atomic E-state index is 12.2. The van der Waals surface area contributed by atoms with E-state index in [-0.39, 0.29) is 94.7 Å². The molecule has 7 rings (SSSR count). The van der Waals surface area contributed by atoms with Crippen molar-refractivity contribution in [3.8, 4) is 68.6 Å². The van der Waals surface area contributed by atoms with Gasteiger partial charge >= 0.3 is 0 Å². The summed E-state index contributed by atoms with van der Waals surface area (Å²) in [6, 6.07) is 19.9. The molecular formula is C50H58O18. The predicted molar refractivity (Wildman–Crippen MR) is 243 cm³/mol. The second-order valence-electron chi connectivity index (χ2n) is 17.0. The van der Waals surface area contributed by atoms with Crippen LogP contribution in [-0.2, 0) is 22.3 Å². The van der Waals surface area contributed by atoms with Gasteiger partial charge in [-0.05, 0) is 88.5 Å². The molecule has 2 aliphatic heterocycles. The third-order valence-electron chi connectivity index (χ3n) is 13.0. The van der Waals surface area contributed by atoms with Crippen LogP contribution in [0.4, 0.5) is 0 Å². The number of aliphatic hydroxyl groups excluding tert-OH is 4. The molecule has 5 aromatic carbocycles. The summed E-state index contributed by atoms with van der Waals surface area (Å²) in [6.45, 7) is -1.99. The lowest BCUT2D eigenvalue weighted by Gasteiger charge is -2.30. The quantitative estimate of drug-likeness (QED) is 0.0560. The first-order chi connectivity index (χ1) is 32.6. The molecule has 0 radical (unpaired) electrons. The number of phenolic OH excluding ortho intramolecular Hbond substituents is 4. The van der Waals surface area contributed by atoms with Crippen molar-refractivity contribution >= 4 is 0 Å². The lowest BCUT2D eigenvalue weighted by Crippen LogP contribution is -2.41. The Morgan fingerprint density at radius 3 is 1.62 bits per heavy atom. The molecule has 18 nitrogen and oxygen atoms in total. The van der Waals surface area contributed by atoms with Crippen molar-refractivity contribution in [1.82, 2.24) is 0 Å². The maximum Gasteiger partial charge on any atom is 0.165 e. The van der Waals surface area contributed by atoms with Crippen LogP contribution in [0.2, 0.25) is 0 Å². The number of hydrogen-bond acceptors (Lipinski definition) is 18. The molecule has 2 fully saturated rings. The molecule has 18 heteroatoms. The highest BCUT2D eigenvalue weighted by Gasteiger charge is 2.50. The van der Waals surface area contributed by atoms with Crippen LogP contribution in [0.15, 0.2) is 78.9 Å². The molecule has 2 heterocycles. The fraction of sp³-hybridized carbons (Fsp3) is 0.400. The van der Waals surface area contributed by atoms with Crippen molar-refractivity contribution in [2.45, 2.75) is 48.5 Å². The van der Waals surface area contributed by atoms with Crippen LogP contribution in [-0.4, -0.2) is 137 Å². The Morgan fingerprint density at radius 2 is 1.04 bits per heavy atom. The zero-order valence-electron chi connectivity index (χ0n) is 38.2. The van der Waals surface area contributed by atoms with Gasteiger partial charge in [-0.2, -0.15) is 0 Å². The van der Waals surface area contributed by atoms with Crippen molar-refractivity contribution in [1.29, 1.82) is 0 Å². The molecule has 2 aliphatic rings. The number of ether oxygens (including phenoxy) is 8. The Bertz CT molecular complexity index is 2570. The minimum atomic E-state index is -1.66. The smallest absolute Gasteiger partial charge is 0.165 e. The molecule has 68 heavy (non-hydrogen) atoms. The Morgan fingerprint density at radius 1 is 0.544 bits per heavy atom. The van der Waals surface area contributed by atoms with Gasteiger partial charge in [0.05, 0.1) is 92.0 Å². The normalized spacial score (nSPS) is 23.2. The largest absolute Gasteiger partial charge is 0.504 e. The van der Waals surface area contributed by atoms with Crippen LogP contribution in [0.1, 0.15) is 46.1 Å². The van der Waals surface area contributed by atoms with Crippen LogP contribution in [0.5, 0.6) is 57.5 Å². The summed E-state index contributed by atoms with van der Waals surface area (Å²) < 4.78 is 45.4. The summed E-state index contributed by atoms with van der Waals surface area (Å²) in [5.41, 5.74) is -0.854. The Hall–Kier alpha value is -6.22. The molecule has 0 saturated carbocycles.